The summed E-state index contributed by atoms with van der Waals surface area (Å²) in [5, 5.41) is 13.2. The second-order valence-corrected chi connectivity index (χ2v) is 12.2. The number of nitrogens with one attached hydrogen (secondary N) is 3. The van der Waals surface area contributed by atoms with E-state index in [0.29, 0.717) is 23.7 Å². The molecule has 0 radical (unpaired) electrons. The molecule has 4 rings (SSSR count). The van der Waals surface area contributed by atoms with Gasteiger partial charge in [-0.1, -0.05) is 36.5 Å². The number of thiocarbonyl (C=S) groups is 1. The minimum Gasteiger partial charge on any atom is -0.444 e. The summed E-state index contributed by atoms with van der Waals surface area (Å²) < 4.78 is 5.31. The molecule has 196 valence electrons. The highest BCUT2D eigenvalue weighted by atomic mass is 32.2. The molecule has 2 aliphatic rings. The van der Waals surface area contributed by atoms with Crippen molar-refractivity contribution in [3.8, 4) is 0 Å². The van der Waals surface area contributed by atoms with Gasteiger partial charge in [-0.3, -0.25) is 9.59 Å². The van der Waals surface area contributed by atoms with Gasteiger partial charge in [-0.2, -0.15) is 5.10 Å². The minimum atomic E-state index is -0.565. The maximum Gasteiger partial charge on any atom is 0.407 e. The van der Waals surface area contributed by atoms with E-state index >= 15 is 0 Å². The van der Waals surface area contributed by atoms with Crippen molar-refractivity contribution in [2.24, 2.45) is 0 Å². The predicted molar refractivity (Wildman–Crippen MR) is 149 cm³/mol. The highest BCUT2D eigenvalue weighted by molar-refractivity contribution is 8.01. The van der Waals surface area contributed by atoms with Crippen molar-refractivity contribution in [2.45, 2.75) is 55.8 Å². The zero-order valence-corrected chi connectivity index (χ0v) is 23.2. The predicted octanol–water partition coefficient (Wildman–Crippen LogP) is 3.21. The molecule has 37 heavy (non-hydrogen) atoms. The normalized spacial score (nSPS) is 18.8. The van der Waals surface area contributed by atoms with E-state index in [1.165, 1.54) is 17.8 Å². The third-order valence-electron chi connectivity index (χ3n) is 5.51. The molecule has 12 heteroatoms. The van der Waals surface area contributed by atoms with Crippen LogP contribution in [0.2, 0.25) is 0 Å². The monoisotopic (exact) mass is 559 g/mol. The van der Waals surface area contributed by atoms with Gasteiger partial charge in [0, 0.05) is 36.7 Å². The average Bonchev–Trinajstić information content (AvgIpc) is 2.85. The van der Waals surface area contributed by atoms with Crippen molar-refractivity contribution in [3.63, 3.8) is 0 Å². The first-order valence-electron chi connectivity index (χ1n) is 11.7. The number of nitrogens with zero attached hydrogens (tertiary/aromatic N) is 2. The first-order valence-corrected chi connectivity index (χ1v) is 14.2. The number of fused-ring (bicyclic) bond motifs is 1. The van der Waals surface area contributed by atoms with Crippen LogP contribution in [0.4, 0.5) is 4.79 Å². The van der Waals surface area contributed by atoms with Crippen LogP contribution in [0.5, 0.6) is 0 Å². The second-order valence-electron chi connectivity index (χ2n) is 9.63. The van der Waals surface area contributed by atoms with Gasteiger partial charge in [-0.15, -0.1) is 23.5 Å². The first-order chi connectivity index (χ1) is 17.6. The molecule has 1 aromatic carbocycles. The number of alkyl carbamates (subject to hydrolysis) is 1. The number of carbonyl (C=O) groups is 2. The molecule has 2 aromatic rings. The van der Waals surface area contributed by atoms with Crippen molar-refractivity contribution < 1.29 is 14.3 Å². The Kier molecular flexibility index (Phi) is 8.60. The smallest absolute Gasteiger partial charge is 0.407 e. The summed E-state index contributed by atoms with van der Waals surface area (Å²) in [6.07, 6.45) is 1.91. The summed E-state index contributed by atoms with van der Waals surface area (Å²) in [4.78, 5) is 38.3. The molecule has 0 saturated carbocycles. The van der Waals surface area contributed by atoms with E-state index in [4.69, 9.17) is 17.0 Å². The Morgan fingerprint density at radius 3 is 2.70 bits per heavy atom. The molecule has 3 N–H and O–H groups in total. The Bertz CT molecular complexity index is 1250. The number of thioether (sulfide) groups is 2. The van der Waals surface area contributed by atoms with Crippen LogP contribution in [-0.2, 0) is 22.5 Å². The standard InChI is InChI=1S/C25H29N5O4S3/c1-25(2,3)34-24(33)26-11-17-7-5-4-6-16(17)10-19(35)27-21-22(32)30-12-15(14-37-23(21)30)13-36-20-9-8-18(31)28-29-20/h4-9,12,21,23H,10-11,13-14H2,1-3H3,(H,26,33)(H,27,35)(H,28,31)/t21?,23-/m1/s1. The van der Waals surface area contributed by atoms with Crippen LogP contribution in [0.3, 0.4) is 0 Å². The number of hydrogen-bond donors (Lipinski definition) is 3. The molecule has 0 spiro atoms. The maximum atomic E-state index is 12.8. The fourth-order valence-electron chi connectivity index (χ4n) is 3.80. The van der Waals surface area contributed by atoms with Gasteiger partial charge in [-0.25, -0.2) is 9.89 Å². The maximum absolute atomic E-state index is 12.8. The number of β-lactam (4-membered cyclic amide) rings is 1. The van der Waals surface area contributed by atoms with E-state index in [-0.39, 0.29) is 22.9 Å². The van der Waals surface area contributed by atoms with Gasteiger partial charge < -0.3 is 20.3 Å². The van der Waals surface area contributed by atoms with Gasteiger partial charge in [0.25, 0.3) is 11.5 Å². The van der Waals surface area contributed by atoms with Crippen molar-refractivity contribution in [1.29, 1.82) is 0 Å². The molecule has 2 aliphatic heterocycles. The van der Waals surface area contributed by atoms with Crippen LogP contribution in [0.25, 0.3) is 0 Å². The number of amides is 2. The highest BCUT2D eigenvalue weighted by Crippen LogP contribution is 2.37. The van der Waals surface area contributed by atoms with Gasteiger partial charge in [0.15, 0.2) is 0 Å². The third-order valence-corrected chi connectivity index (χ3v) is 8.19. The highest BCUT2D eigenvalue weighted by Gasteiger charge is 2.48. The van der Waals surface area contributed by atoms with E-state index in [0.717, 1.165) is 27.5 Å². The molecule has 1 unspecified atom stereocenters. The van der Waals surface area contributed by atoms with Gasteiger partial charge in [0.2, 0.25) is 0 Å². The number of aromatic amines is 1. The van der Waals surface area contributed by atoms with E-state index < -0.39 is 11.7 Å². The van der Waals surface area contributed by atoms with Crippen LogP contribution in [0.15, 0.2) is 58.0 Å². The van der Waals surface area contributed by atoms with Crippen molar-refractivity contribution in [1.82, 2.24) is 25.7 Å². The molecule has 0 aliphatic carbocycles. The fraction of sp³-hybridized carbons (Fsp3) is 0.400. The van der Waals surface area contributed by atoms with E-state index in [1.807, 2.05) is 51.2 Å². The lowest BCUT2D eigenvalue weighted by atomic mass is 10.0. The van der Waals surface area contributed by atoms with Gasteiger partial charge >= 0.3 is 6.09 Å². The van der Waals surface area contributed by atoms with Crippen molar-refractivity contribution in [2.75, 3.05) is 11.5 Å². The molecule has 2 amide bonds. The number of hydrogen-bond acceptors (Lipinski definition) is 8. The Morgan fingerprint density at radius 1 is 1.24 bits per heavy atom. The quantitative estimate of drug-likeness (QED) is 0.255. The second kappa shape index (κ2) is 11.7. The molecule has 2 atom stereocenters. The molecular weight excluding hydrogens is 531 g/mol. The van der Waals surface area contributed by atoms with Gasteiger partial charge in [0.05, 0.1) is 4.99 Å². The van der Waals surface area contributed by atoms with Crippen molar-refractivity contribution >= 4 is 52.7 Å². The summed E-state index contributed by atoms with van der Waals surface area (Å²) in [6.45, 7) is 5.78. The van der Waals surface area contributed by atoms with E-state index in [9.17, 15) is 14.4 Å². The lowest BCUT2D eigenvalue weighted by molar-refractivity contribution is -0.141. The van der Waals surface area contributed by atoms with Crippen LogP contribution in [-0.4, -0.2) is 60.6 Å². The lowest BCUT2D eigenvalue weighted by Crippen LogP contribution is -2.68. The molecule has 9 nitrogen and oxygen atoms in total. The molecule has 3 heterocycles. The Labute approximate surface area is 229 Å². The zero-order chi connectivity index (χ0) is 26.6. The summed E-state index contributed by atoms with van der Waals surface area (Å²) in [5.74, 6) is 1.48. The third kappa shape index (κ3) is 7.36. The van der Waals surface area contributed by atoms with Crippen LogP contribution in [0, 0.1) is 0 Å². The summed E-state index contributed by atoms with van der Waals surface area (Å²) in [5.41, 5.74) is 2.24. The lowest BCUT2D eigenvalue weighted by Gasteiger charge is -2.47. The summed E-state index contributed by atoms with van der Waals surface area (Å²) >= 11 is 8.81. The summed E-state index contributed by atoms with van der Waals surface area (Å²) in [7, 11) is 0. The number of ether oxygens (including phenoxy) is 1. The molecule has 0 bridgehead atoms. The fourth-order valence-corrected chi connectivity index (χ4v) is 6.26. The van der Waals surface area contributed by atoms with Crippen LogP contribution >= 0.6 is 35.7 Å². The number of H-pyrrole nitrogens is 1. The Hall–Kier alpha value is -2.83. The van der Waals surface area contributed by atoms with Gasteiger partial charge in [-0.05, 0) is 43.5 Å². The summed E-state index contributed by atoms with van der Waals surface area (Å²) in [6, 6.07) is 10.5. The number of benzene rings is 1. The van der Waals surface area contributed by atoms with Crippen molar-refractivity contribution in [3.05, 3.63) is 69.7 Å². The topological polar surface area (TPSA) is 116 Å². The Morgan fingerprint density at radius 2 is 2.00 bits per heavy atom. The Balaban J connectivity index is 1.28. The largest absolute Gasteiger partial charge is 0.444 e. The van der Waals surface area contributed by atoms with Gasteiger partial charge in [0.1, 0.15) is 22.0 Å². The molecule has 1 fully saturated rings. The van der Waals surface area contributed by atoms with Crippen LogP contribution < -0.4 is 16.2 Å². The number of rotatable bonds is 8. The first kappa shape index (κ1) is 27.2. The zero-order valence-electron chi connectivity index (χ0n) is 20.8. The SMILES string of the molecule is CC(C)(C)OC(=O)NCc1ccccc1CC(=S)NC1C(=O)N2C=C(CSc3ccc(=O)[nH]n3)CS[C@H]12. The number of aromatic nitrogens is 2. The molecular formula is C25H29N5O4S3. The van der Waals surface area contributed by atoms with E-state index in [1.54, 1.807) is 22.7 Å². The molecule has 1 aromatic heterocycles. The van der Waals surface area contributed by atoms with E-state index in [2.05, 4.69) is 20.8 Å². The molecule has 1 saturated heterocycles. The number of carbonyl (C=O) groups excluding carboxylic acids is 2. The van der Waals surface area contributed by atoms with Crippen LogP contribution in [0.1, 0.15) is 31.9 Å². The minimum absolute atomic E-state index is 0.00511. The average molecular weight is 560 g/mol.